The zero-order valence-corrected chi connectivity index (χ0v) is 17.0. The number of nitrogens with zero attached hydrogens (tertiary/aromatic N) is 2. The van der Waals surface area contributed by atoms with Gasteiger partial charge in [0.05, 0.1) is 23.1 Å². The highest BCUT2D eigenvalue weighted by Crippen LogP contribution is 2.30. The second-order valence-corrected chi connectivity index (χ2v) is 8.43. The maximum absolute atomic E-state index is 12.5. The number of H-pyrrole nitrogens is 1. The molecule has 0 bridgehead atoms. The smallest absolute Gasteiger partial charge is 0.256 e. The molecular formula is C21H26N4O2S. The number of aryl methyl sites for hydroxylation is 1. The van der Waals surface area contributed by atoms with E-state index in [1.165, 1.54) is 22.9 Å². The van der Waals surface area contributed by atoms with Crippen LogP contribution in [0.4, 0.5) is 0 Å². The fourth-order valence-electron chi connectivity index (χ4n) is 4.11. The Morgan fingerprint density at radius 1 is 1.36 bits per heavy atom. The molecule has 2 heterocycles. The topological polar surface area (TPSA) is 78.1 Å². The van der Waals surface area contributed by atoms with E-state index in [0.717, 1.165) is 50.0 Å². The van der Waals surface area contributed by atoms with Gasteiger partial charge < -0.3 is 10.3 Å². The van der Waals surface area contributed by atoms with Gasteiger partial charge >= 0.3 is 0 Å². The van der Waals surface area contributed by atoms with Gasteiger partial charge in [0.2, 0.25) is 5.91 Å². The van der Waals surface area contributed by atoms with Gasteiger partial charge in [-0.15, -0.1) is 0 Å². The highest BCUT2D eigenvalue weighted by atomic mass is 32.2. The van der Waals surface area contributed by atoms with Crippen LogP contribution in [0.5, 0.6) is 0 Å². The number of aromatic nitrogens is 2. The largest absolute Gasteiger partial charge is 0.349 e. The molecule has 1 amide bonds. The summed E-state index contributed by atoms with van der Waals surface area (Å²) in [4.78, 5) is 34.6. The SMILES string of the molecule is CCCN1CCc2nc(SCC(=O)N[C@@H]3CCc4ccccc43)[nH]c(=O)c2C1. The molecule has 4 rings (SSSR count). The maximum atomic E-state index is 12.5. The van der Waals surface area contributed by atoms with Crippen LogP contribution in [0.2, 0.25) is 0 Å². The number of amides is 1. The second kappa shape index (κ2) is 8.49. The Morgan fingerprint density at radius 2 is 2.21 bits per heavy atom. The standard InChI is InChI=1S/C21H26N4O2S/c1-2-10-25-11-9-18-16(12-25)20(27)24-21(23-18)28-13-19(26)22-17-8-7-14-5-3-4-6-15(14)17/h3-6,17H,2,7-13H2,1H3,(H,22,26)(H,23,24,27)/t17-/m1/s1. The molecule has 0 fully saturated rings. The van der Waals surface area contributed by atoms with Gasteiger partial charge in [-0.25, -0.2) is 4.98 Å². The third kappa shape index (κ3) is 4.15. The Hall–Kier alpha value is -2.12. The lowest BCUT2D eigenvalue weighted by atomic mass is 10.1. The Bertz CT molecular complexity index is 927. The minimum Gasteiger partial charge on any atom is -0.349 e. The predicted molar refractivity (Wildman–Crippen MR) is 111 cm³/mol. The molecule has 1 aliphatic carbocycles. The van der Waals surface area contributed by atoms with Crippen LogP contribution in [0, 0.1) is 0 Å². The lowest BCUT2D eigenvalue weighted by molar-refractivity contribution is -0.119. The van der Waals surface area contributed by atoms with Crippen LogP contribution in [0.15, 0.2) is 34.2 Å². The number of thioether (sulfide) groups is 1. The summed E-state index contributed by atoms with van der Waals surface area (Å²) in [5, 5.41) is 3.65. The number of hydrogen-bond acceptors (Lipinski definition) is 5. The number of aromatic amines is 1. The summed E-state index contributed by atoms with van der Waals surface area (Å²) in [5.41, 5.74) is 4.12. The van der Waals surface area contributed by atoms with Gasteiger partial charge in [0, 0.05) is 19.5 Å². The van der Waals surface area contributed by atoms with Gasteiger partial charge in [-0.2, -0.15) is 0 Å². The van der Waals surface area contributed by atoms with Gasteiger partial charge in [-0.1, -0.05) is 43.0 Å². The van der Waals surface area contributed by atoms with Crippen molar-refractivity contribution in [3.63, 3.8) is 0 Å². The first-order valence-corrected chi connectivity index (χ1v) is 11.0. The van der Waals surface area contributed by atoms with Crippen molar-refractivity contribution in [3.8, 4) is 0 Å². The van der Waals surface area contributed by atoms with Crippen molar-refractivity contribution in [3.05, 3.63) is 57.0 Å². The molecule has 2 aliphatic rings. The minimum absolute atomic E-state index is 0.0267. The highest BCUT2D eigenvalue weighted by Gasteiger charge is 2.24. The second-order valence-electron chi connectivity index (χ2n) is 7.47. The van der Waals surface area contributed by atoms with Gasteiger partial charge in [0.1, 0.15) is 0 Å². The van der Waals surface area contributed by atoms with Crippen LogP contribution in [-0.4, -0.2) is 39.6 Å². The number of rotatable bonds is 6. The molecular weight excluding hydrogens is 372 g/mol. The monoisotopic (exact) mass is 398 g/mol. The van der Waals surface area contributed by atoms with E-state index in [1.807, 2.05) is 12.1 Å². The fraction of sp³-hybridized carbons (Fsp3) is 0.476. The van der Waals surface area contributed by atoms with Gasteiger partial charge in [-0.3, -0.25) is 14.5 Å². The molecule has 1 aromatic carbocycles. The number of hydrogen-bond donors (Lipinski definition) is 2. The number of carbonyl (C=O) groups is 1. The van der Waals surface area contributed by atoms with Crippen molar-refractivity contribution >= 4 is 17.7 Å². The fourth-order valence-corrected chi connectivity index (χ4v) is 4.80. The number of nitrogens with one attached hydrogen (secondary N) is 2. The maximum Gasteiger partial charge on any atom is 0.256 e. The number of carbonyl (C=O) groups excluding carboxylic acids is 1. The van der Waals surface area contributed by atoms with E-state index < -0.39 is 0 Å². The summed E-state index contributed by atoms with van der Waals surface area (Å²) >= 11 is 1.30. The first-order valence-electron chi connectivity index (χ1n) is 9.98. The Labute approximate surface area is 169 Å². The minimum atomic E-state index is -0.0709. The quantitative estimate of drug-likeness (QED) is 0.577. The van der Waals surface area contributed by atoms with E-state index in [2.05, 4.69) is 39.2 Å². The van der Waals surface area contributed by atoms with E-state index in [0.29, 0.717) is 11.7 Å². The van der Waals surface area contributed by atoms with E-state index in [4.69, 9.17) is 0 Å². The number of benzene rings is 1. The molecule has 1 aromatic heterocycles. The molecule has 0 saturated heterocycles. The summed E-state index contributed by atoms with van der Waals surface area (Å²) in [6, 6.07) is 8.36. The van der Waals surface area contributed by atoms with Crippen LogP contribution < -0.4 is 10.9 Å². The van der Waals surface area contributed by atoms with E-state index >= 15 is 0 Å². The molecule has 0 spiro atoms. The van der Waals surface area contributed by atoms with E-state index in [9.17, 15) is 9.59 Å². The van der Waals surface area contributed by atoms with Gasteiger partial charge in [0.15, 0.2) is 5.16 Å². The molecule has 0 radical (unpaired) electrons. The molecule has 7 heteroatoms. The summed E-state index contributed by atoms with van der Waals surface area (Å²) in [7, 11) is 0. The third-order valence-electron chi connectivity index (χ3n) is 5.47. The molecule has 0 unspecified atom stereocenters. The van der Waals surface area contributed by atoms with Crippen molar-refractivity contribution < 1.29 is 4.79 Å². The predicted octanol–water partition coefficient (Wildman–Crippen LogP) is 2.43. The number of fused-ring (bicyclic) bond motifs is 2. The zero-order valence-electron chi connectivity index (χ0n) is 16.2. The Balaban J connectivity index is 1.36. The normalized spacial score (nSPS) is 18.5. The van der Waals surface area contributed by atoms with E-state index in [-0.39, 0.29) is 23.3 Å². The summed E-state index contributed by atoms with van der Waals surface area (Å²) < 4.78 is 0. The van der Waals surface area contributed by atoms with Crippen molar-refractivity contribution in [1.29, 1.82) is 0 Å². The molecule has 2 aromatic rings. The van der Waals surface area contributed by atoms with Crippen LogP contribution in [0.3, 0.4) is 0 Å². The first-order chi connectivity index (χ1) is 13.6. The van der Waals surface area contributed by atoms with Crippen LogP contribution in [0.1, 0.15) is 48.2 Å². The molecule has 1 atom stereocenters. The zero-order chi connectivity index (χ0) is 19.5. The van der Waals surface area contributed by atoms with Gasteiger partial charge in [0.25, 0.3) is 5.56 Å². The average Bonchev–Trinajstić information content (AvgIpc) is 3.10. The molecule has 6 nitrogen and oxygen atoms in total. The van der Waals surface area contributed by atoms with Gasteiger partial charge in [-0.05, 0) is 36.9 Å². The Morgan fingerprint density at radius 3 is 3.07 bits per heavy atom. The van der Waals surface area contributed by atoms with Crippen molar-refractivity contribution in [1.82, 2.24) is 20.2 Å². The van der Waals surface area contributed by atoms with Crippen molar-refractivity contribution in [2.45, 2.75) is 50.4 Å². The lowest BCUT2D eigenvalue weighted by Crippen LogP contribution is -2.36. The van der Waals surface area contributed by atoms with Crippen LogP contribution in [-0.2, 0) is 24.2 Å². The first kappa shape index (κ1) is 19.2. The average molecular weight is 399 g/mol. The highest BCUT2D eigenvalue weighted by molar-refractivity contribution is 7.99. The molecule has 1 aliphatic heterocycles. The molecule has 148 valence electrons. The summed E-state index contributed by atoms with van der Waals surface area (Å²) in [6.45, 7) is 4.74. The summed E-state index contributed by atoms with van der Waals surface area (Å²) in [5.74, 6) is 0.226. The lowest BCUT2D eigenvalue weighted by Gasteiger charge is -2.27. The third-order valence-corrected chi connectivity index (χ3v) is 6.35. The Kier molecular flexibility index (Phi) is 5.82. The van der Waals surface area contributed by atoms with Crippen LogP contribution in [0.25, 0.3) is 0 Å². The molecule has 28 heavy (non-hydrogen) atoms. The van der Waals surface area contributed by atoms with E-state index in [1.54, 1.807) is 0 Å². The summed E-state index contributed by atoms with van der Waals surface area (Å²) in [6.07, 6.45) is 3.81. The van der Waals surface area contributed by atoms with Crippen molar-refractivity contribution in [2.75, 3.05) is 18.8 Å². The molecule has 2 N–H and O–H groups in total. The van der Waals surface area contributed by atoms with Crippen LogP contribution >= 0.6 is 11.8 Å². The van der Waals surface area contributed by atoms with Crippen molar-refractivity contribution in [2.24, 2.45) is 0 Å². The molecule has 0 saturated carbocycles.